The fourth-order valence-corrected chi connectivity index (χ4v) is 3.37. The Kier molecular flexibility index (Phi) is 4.50. The monoisotopic (exact) mass is 290 g/mol. The molecule has 1 aliphatic rings. The van der Waals surface area contributed by atoms with Crippen molar-refractivity contribution in [3.8, 4) is 5.75 Å². The standard InChI is InChI=1S/C16H22N2O3/c1-11(19)18-16(15(17)20)10-6-5-8-13(16)12-7-3-4-9-14(12)21-2/h3-4,7,9,13H,5-6,8,10H2,1-2H3,(H2,17,20)(H,18,19). The van der Waals surface area contributed by atoms with Crippen LogP contribution < -0.4 is 15.8 Å². The number of rotatable bonds is 4. The maximum Gasteiger partial charge on any atom is 0.243 e. The molecule has 1 aromatic rings. The number of hydrogen-bond donors (Lipinski definition) is 2. The number of ether oxygens (including phenoxy) is 1. The van der Waals surface area contributed by atoms with E-state index < -0.39 is 11.4 Å². The van der Waals surface area contributed by atoms with Crippen molar-refractivity contribution in [1.29, 1.82) is 0 Å². The van der Waals surface area contributed by atoms with E-state index in [9.17, 15) is 9.59 Å². The minimum atomic E-state index is -1.03. The van der Waals surface area contributed by atoms with Gasteiger partial charge in [-0.1, -0.05) is 31.0 Å². The third-order valence-electron chi connectivity index (χ3n) is 4.26. The van der Waals surface area contributed by atoms with Gasteiger partial charge in [0.1, 0.15) is 11.3 Å². The van der Waals surface area contributed by atoms with Crippen LogP contribution >= 0.6 is 0 Å². The first-order chi connectivity index (χ1) is 10.0. The van der Waals surface area contributed by atoms with Gasteiger partial charge in [-0.2, -0.15) is 0 Å². The summed E-state index contributed by atoms with van der Waals surface area (Å²) in [5.74, 6) is -0.159. The van der Waals surface area contributed by atoms with Gasteiger partial charge in [0.05, 0.1) is 7.11 Å². The van der Waals surface area contributed by atoms with E-state index in [1.807, 2.05) is 24.3 Å². The molecule has 5 nitrogen and oxygen atoms in total. The molecule has 1 fully saturated rings. The third-order valence-corrected chi connectivity index (χ3v) is 4.26. The van der Waals surface area contributed by atoms with Crippen molar-refractivity contribution in [3.63, 3.8) is 0 Å². The Labute approximate surface area is 124 Å². The van der Waals surface area contributed by atoms with E-state index in [2.05, 4.69) is 5.32 Å². The van der Waals surface area contributed by atoms with Crippen LogP contribution in [0.1, 0.15) is 44.1 Å². The maximum absolute atomic E-state index is 12.2. The van der Waals surface area contributed by atoms with Gasteiger partial charge in [0.15, 0.2) is 0 Å². The maximum atomic E-state index is 12.2. The first kappa shape index (κ1) is 15.4. The first-order valence-electron chi connectivity index (χ1n) is 7.23. The highest BCUT2D eigenvalue weighted by Crippen LogP contribution is 2.44. The number of nitrogens with two attached hydrogens (primary N) is 1. The van der Waals surface area contributed by atoms with Crippen LogP contribution in [0.4, 0.5) is 0 Å². The zero-order valence-electron chi connectivity index (χ0n) is 12.5. The van der Waals surface area contributed by atoms with E-state index in [4.69, 9.17) is 10.5 Å². The lowest BCUT2D eigenvalue weighted by Gasteiger charge is -2.42. The fourth-order valence-electron chi connectivity index (χ4n) is 3.37. The van der Waals surface area contributed by atoms with Gasteiger partial charge >= 0.3 is 0 Å². The van der Waals surface area contributed by atoms with Gasteiger partial charge in [-0.25, -0.2) is 0 Å². The predicted octanol–water partition coefficient (Wildman–Crippen LogP) is 1.71. The first-order valence-corrected chi connectivity index (χ1v) is 7.23. The second-order valence-electron chi connectivity index (χ2n) is 5.56. The van der Waals surface area contributed by atoms with E-state index in [-0.39, 0.29) is 11.8 Å². The van der Waals surface area contributed by atoms with Crippen molar-refractivity contribution < 1.29 is 14.3 Å². The zero-order chi connectivity index (χ0) is 15.5. The van der Waals surface area contributed by atoms with Gasteiger partial charge in [0.2, 0.25) is 11.8 Å². The number of primary amides is 1. The number of para-hydroxylation sites is 1. The fraction of sp³-hybridized carbons (Fsp3) is 0.500. The summed E-state index contributed by atoms with van der Waals surface area (Å²) in [7, 11) is 1.60. The molecule has 21 heavy (non-hydrogen) atoms. The SMILES string of the molecule is COc1ccccc1C1CCCCC1(NC(C)=O)C(N)=O. The summed E-state index contributed by atoms with van der Waals surface area (Å²) in [4.78, 5) is 23.8. The van der Waals surface area contributed by atoms with Crippen LogP contribution in [-0.2, 0) is 9.59 Å². The summed E-state index contributed by atoms with van der Waals surface area (Å²) in [6, 6.07) is 7.60. The van der Waals surface area contributed by atoms with Gasteiger partial charge in [-0.3, -0.25) is 9.59 Å². The molecule has 2 amide bonds. The summed E-state index contributed by atoms with van der Waals surface area (Å²) >= 11 is 0. The van der Waals surface area contributed by atoms with Crippen LogP contribution in [-0.4, -0.2) is 24.5 Å². The van der Waals surface area contributed by atoms with Crippen LogP contribution in [0.5, 0.6) is 5.75 Å². The van der Waals surface area contributed by atoms with Crippen molar-refractivity contribution in [1.82, 2.24) is 5.32 Å². The number of carbonyl (C=O) groups is 2. The zero-order valence-corrected chi connectivity index (χ0v) is 12.5. The van der Waals surface area contributed by atoms with Crippen LogP contribution in [0.15, 0.2) is 24.3 Å². The van der Waals surface area contributed by atoms with Crippen molar-refractivity contribution in [2.24, 2.45) is 5.73 Å². The van der Waals surface area contributed by atoms with Crippen LogP contribution in [0.2, 0.25) is 0 Å². The predicted molar refractivity (Wildman–Crippen MR) is 79.9 cm³/mol. The average molecular weight is 290 g/mol. The lowest BCUT2D eigenvalue weighted by atomic mass is 9.68. The third kappa shape index (κ3) is 2.86. The van der Waals surface area contributed by atoms with Gasteiger partial charge in [0.25, 0.3) is 0 Å². The Balaban J connectivity index is 2.50. The lowest BCUT2D eigenvalue weighted by molar-refractivity contribution is -0.133. The molecule has 114 valence electrons. The van der Waals surface area contributed by atoms with Crippen LogP contribution in [0.3, 0.4) is 0 Å². The molecule has 1 aromatic carbocycles. The Morgan fingerprint density at radius 3 is 2.67 bits per heavy atom. The van der Waals surface area contributed by atoms with E-state index in [1.54, 1.807) is 7.11 Å². The molecule has 5 heteroatoms. The summed E-state index contributed by atoms with van der Waals surface area (Å²) in [6.07, 6.45) is 3.22. The van der Waals surface area contributed by atoms with E-state index in [0.29, 0.717) is 6.42 Å². The highest BCUT2D eigenvalue weighted by Gasteiger charge is 2.48. The largest absolute Gasteiger partial charge is 0.496 e. The molecule has 3 N–H and O–H groups in total. The Hall–Kier alpha value is -2.04. The molecule has 0 aliphatic heterocycles. The van der Waals surface area contributed by atoms with Gasteiger partial charge < -0.3 is 15.8 Å². The topological polar surface area (TPSA) is 81.4 Å². The van der Waals surface area contributed by atoms with Crippen molar-refractivity contribution in [2.75, 3.05) is 7.11 Å². The molecule has 2 atom stereocenters. The molecule has 1 saturated carbocycles. The highest BCUT2D eigenvalue weighted by atomic mass is 16.5. The van der Waals surface area contributed by atoms with E-state index >= 15 is 0 Å². The summed E-state index contributed by atoms with van der Waals surface area (Å²) in [6.45, 7) is 1.42. The van der Waals surface area contributed by atoms with Gasteiger partial charge in [-0.15, -0.1) is 0 Å². The van der Waals surface area contributed by atoms with Crippen LogP contribution in [0, 0.1) is 0 Å². The van der Waals surface area contributed by atoms with Crippen molar-refractivity contribution in [3.05, 3.63) is 29.8 Å². The molecule has 0 bridgehead atoms. The average Bonchev–Trinajstić information content (AvgIpc) is 2.47. The highest BCUT2D eigenvalue weighted by molar-refractivity contribution is 5.91. The molecule has 0 spiro atoms. The minimum Gasteiger partial charge on any atom is -0.496 e. The normalized spacial score (nSPS) is 25.1. The lowest BCUT2D eigenvalue weighted by Crippen LogP contribution is -2.61. The molecular weight excluding hydrogens is 268 g/mol. The van der Waals surface area contributed by atoms with Crippen LogP contribution in [0.25, 0.3) is 0 Å². The molecule has 0 aromatic heterocycles. The van der Waals surface area contributed by atoms with Gasteiger partial charge in [-0.05, 0) is 18.9 Å². The molecule has 0 heterocycles. The van der Waals surface area contributed by atoms with Gasteiger partial charge in [0, 0.05) is 18.4 Å². The molecular formula is C16H22N2O3. The molecule has 0 radical (unpaired) electrons. The summed E-state index contributed by atoms with van der Waals surface area (Å²) < 4.78 is 5.41. The Bertz CT molecular complexity index is 544. The molecule has 2 unspecified atom stereocenters. The van der Waals surface area contributed by atoms with E-state index in [0.717, 1.165) is 30.6 Å². The number of nitrogens with one attached hydrogen (secondary N) is 1. The number of hydrogen-bond acceptors (Lipinski definition) is 3. The second-order valence-corrected chi connectivity index (χ2v) is 5.56. The minimum absolute atomic E-state index is 0.163. The Morgan fingerprint density at radius 1 is 1.33 bits per heavy atom. The summed E-state index contributed by atoms with van der Waals surface area (Å²) in [5.41, 5.74) is 5.57. The van der Waals surface area contributed by atoms with Crippen molar-refractivity contribution in [2.45, 2.75) is 44.1 Å². The molecule has 0 saturated heterocycles. The number of amides is 2. The smallest absolute Gasteiger partial charge is 0.243 e. The second kappa shape index (κ2) is 6.16. The number of benzene rings is 1. The van der Waals surface area contributed by atoms with Crippen molar-refractivity contribution >= 4 is 11.8 Å². The molecule has 2 rings (SSSR count). The summed E-state index contributed by atoms with van der Waals surface area (Å²) in [5, 5.41) is 2.83. The molecule has 1 aliphatic carbocycles. The van der Waals surface area contributed by atoms with E-state index in [1.165, 1.54) is 6.92 Å². The quantitative estimate of drug-likeness (QED) is 0.885. The number of methoxy groups -OCH3 is 1. The Morgan fingerprint density at radius 2 is 2.05 bits per heavy atom. The number of carbonyl (C=O) groups excluding carboxylic acids is 2.